The fraction of sp³-hybridized carbons (Fsp3) is 1.00. The highest BCUT2D eigenvalue weighted by Crippen LogP contribution is 2.25. The molecular weight excluding hydrogens is 224 g/mol. The van der Waals surface area contributed by atoms with E-state index in [0.29, 0.717) is 0 Å². The van der Waals surface area contributed by atoms with Gasteiger partial charge in [0, 0.05) is 6.42 Å². The quantitative estimate of drug-likeness (QED) is 0.517. The molecule has 108 valence electrons. The van der Waals surface area contributed by atoms with E-state index in [-0.39, 0.29) is 5.79 Å². The molecule has 0 aromatic carbocycles. The topological polar surface area (TPSA) is 18.5 Å². The summed E-state index contributed by atoms with van der Waals surface area (Å²) >= 11 is 0. The number of unbranched alkanes of at least 4 members (excludes halogenated alkanes) is 4. The minimum absolute atomic E-state index is 0.268. The highest BCUT2D eigenvalue weighted by atomic mass is 16.7. The summed E-state index contributed by atoms with van der Waals surface area (Å²) in [5, 5.41) is 0. The van der Waals surface area contributed by atoms with Crippen LogP contribution in [0.5, 0.6) is 0 Å². The third kappa shape index (κ3) is 6.75. The third-order valence-corrected chi connectivity index (χ3v) is 4.01. The molecule has 1 saturated heterocycles. The van der Waals surface area contributed by atoms with Crippen LogP contribution in [0, 0.1) is 5.92 Å². The summed E-state index contributed by atoms with van der Waals surface area (Å²) in [7, 11) is 0. The zero-order valence-corrected chi connectivity index (χ0v) is 12.7. The van der Waals surface area contributed by atoms with E-state index in [9.17, 15) is 0 Å². The number of hydrogen-bond donors (Lipinski definition) is 0. The van der Waals surface area contributed by atoms with Crippen molar-refractivity contribution in [2.24, 2.45) is 5.92 Å². The Kier molecular flexibility index (Phi) is 7.92. The van der Waals surface area contributed by atoms with Crippen molar-refractivity contribution in [3.8, 4) is 0 Å². The van der Waals surface area contributed by atoms with Gasteiger partial charge in [-0.05, 0) is 19.3 Å². The van der Waals surface area contributed by atoms with Crippen LogP contribution >= 0.6 is 0 Å². The summed E-state index contributed by atoms with van der Waals surface area (Å²) in [6, 6.07) is 0. The highest BCUT2D eigenvalue weighted by Gasteiger charge is 2.29. The summed E-state index contributed by atoms with van der Waals surface area (Å²) in [5.74, 6) is 0.657. The summed E-state index contributed by atoms with van der Waals surface area (Å²) < 4.78 is 11.2. The van der Waals surface area contributed by atoms with Crippen molar-refractivity contribution in [1.82, 2.24) is 0 Å². The van der Waals surface area contributed by atoms with E-state index in [1.54, 1.807) is 0 Å². The average molecular weight is 256 g/mol. The minimum Gasteiger partial charge on any atom is -0.348 e. The maximum Gasteiger partial charge on any atom is 0.165 e. The SMILES string of the molecule is CCCC(C)CCCCCCCC1(C)OCCO1. The molecule has 1 aliphatic rings. The molecule has 1 fully saturated rings. The number of ether oxygens (including phenoxy) is 2. The highest BCUT2D eigenvalue weighted by molar-refractivity contribution is 4.67. The van der Waals surface area contributed by atoms with Gasteiger partial charge in [0.1, 0.15) is 0 Å². The van der Waals surface area contributed by atoms with Crippen molar-refractivity contribution in [3.63, 3.8) is 0 Å². The van der Waals surface area contributed by atoms with Gasteiger partial charge in [0.25, 0.3) is 0 Å². The molecule has 0 radical (unpaired) electrons. The van der Waals surface area contributed by atoms with Gasteiger partial charge in [-0.2, -0.15) is 0 Å². The molecule has 0 saturated carbocycles. The van der Waals surface area contributed by atoms with Crippen LogP contribution in [0.15, 0.2) is 0 Å². The van der Waals surface area contributed by atoms with Crippen LogP contribution in [-0.2, 0) is 9.47 Å². The predicted molar refractivity (Wildman–Crippen MR) is 76.7 cm³/mol. The second kappa shape index (κ2) is 8.92. The Labute approximate surface area is 113 Å². The van der Waals surface area contributed by atoms with E-state index in [4.69, 9.17) is 9.47 Å². The molecule has 2 nitrogen and oxygen atoms in total. The van der Waals surface area contributed by atoms with Crippen LogP contribution in [-0.4, -0.2) is 19.0 Å². The first-order valence-corrected chi connectivity index (χ1v) is 7.94. The fourth-order valence-electron chi connectivity index (χ4n) is 2.81. The fourth-order valence-corrected chi connectivity index (χ4v) is 2.81. The first-order chi connectivity index (χ1) is 8.66. The van der Waals surface area contributed by atoms with Gasteiger partial charge in [-0.1, -0.05) is 58.8 Å². The second-order valence-electron chi connectivity index (χ2n) is 6.03. The molecule has 18 heavy (non-hydrogen) atoms. The molecule has 0 aliphatic carbocycles. The van der Waals surface area contributed by atoms with E-state index >= 15 is 0 Å². The largest absolute Gasteiger partial charge is 0.348 e. The lowest BCUT2D eigenvalue weighted by Gasteiger charge is -2.21. The van der Waals surface area contributed by atoms with Gasteiger partial charge in [0.2, 0.25) is 0 Å². The lowest BCUT2D eigenvalue weighted by Crippen LogP contribution is -2.24. The zero-order chi connectivity index (χ0) is 13.3. The first kappa shape index (κ1) is 16.0. The Bertz CT molecular complexity index is 197. The maximum atomic E-state index is 5.60. The smallest absolute Gasteiger partial charge is 0.165 e. The van der Waals surface area contributed by atoms with Gasteiger partial charge < -0.3 is 9.47 Å². The standard InChI is InChI=1S/C16H32O2/c1-4-10-15(2)11-8-6-5-7-9-12-16(3)17-13-14-18-16/h15H,4-14H2,1-3H3. The van der Waals surface area contributed by atoms with Crippen molar-refractivity contribution >= 4 is 0 Å². The normalized spacial score (nSPS) is 20.2. The van der Waals surface area contributed by atoms with E-state index in [1.165, 1.54) is 51.4 Å². The molecule has 0 spiro atoms. The van der Waals surface area contributed by atoms with Gasteiger partial charge in [-0.3, -0.25) is 0 Å². The van der Waals surface area contributed by atoms with Crippen LogP contribution in [0.4, 0.5) is 0 Å². The van der Waals surface area contributed by atoms with Crippen LogP contribution < -0.4 is 0 Å². The molecule has 0 bridgehead atoms. The van der Waals surface area contributed by atoms with Crippen molar-refractivity contribution < 1.29 is 9.47 Å². The Morgan fingerprint density at radius 2 is 1.56 bits per heavy atom. The van der Waals surface area contributed by atoms with Gasteiger partial charge >= 0.3 is 0 Å². The zero-order valence-electron chi connectivity index (χ0n) is 12.7. The van der Waals surface area contributed by atoms with E-state index in [1.807, 2.05) is 0 Å². The van der Waals surface area contributed by atoms with Crippen molar-refractivity contribution in [3.05, 3.63) is 0 Å². The van der Waals surface area contributed by atoms with Gasteiger partial charge in [-0.25, -0.2) is 0 Å². The lowest BCUT2D eigenvalue weighted by atomic mass is 9.98. The van der Waals surface area contributed by atoms with Crippen molar-refractivity contribution in [2.75, 3.05) is 13.2 Å². The van der Waals surface area contributed by atoms with Crippen molar-refractivity contribution in [1.29, 1.82) is 0 Å². The first-order valence-electron chi connectivity index (χ1n) is 7.94. The monoisotopic (exact) mass is 256 g/mol. The van der Waals surface area contributed by atoms with Crippen LogP contribution in [0.1, 0.15) is 78.6 Å². The minimum atomic E-state index is -0.268. The number of hydrogen-bond acceptors (Lipinski definition) is 2. The Hall–Kier alpha value is -0.0800. The van der Waals surface area contributed by atoms with E-state index in [0.717, 1.165) is 25.6 Å². The summed E-state index contributed by atoms with van der Waals surface area (Å²) in [4.78, 5) is 0. The molecule has 2 heteroatoms. The average Bonchev–Trinajstić information content (AvgIpc) is 2.75. The van der Waals surface area contributed by atoms with Crippen LogP contribution in [0.25, 0.3) is 0 Å². The molecule has 1 aliphatic heterocycles. The van der Waals surface area contributed by atoms with Crippen LogP contribution in [0.3, 0.4) is 0 Å². The summed E-state index contributed by atoms with van der Waals surface area (Å²) in [6.45, 7) is 8.29. The second-order valence-corrected chi connectivity index (χ2v) is 6.03. The molecule has 1 heterocycles. The molecule has 0 N–H and O–H groups in total. The molecular formula is C16H32O2. The lowest BCUT2D eigenvalue weighted by molar-refractivity contribution is -0.147. The molecule has 0 aromatic rings. The molecule has 1 rings (SSSR count). The van der Waals surface area contributed by atoms with Gasteiger partial charge in [-0.15, -0.1) is 0 Å². The van der Waals surface area contributed by atoms with Gasteiger partial charge in [0.15, 0.2) is 5.79 Å². The molecule has 1 unspecified atom stereocenters. The molecule has 1 atom stereocenters. The summed E-state index contributed by atoms with van der Waals surface area (Å²) in [5.41, 5.74) is 0. The van der Waals surface area contributed by atoms with Crippen molar-refractivity contribution in [2.45, 2.75) is 84.3 Å². The Morgan fingerprint density at radius 3 is 2.22 bits per heavy atom. The number of rotatable bonds is 10. The third-order valence-electron chi connectivity index (χ3n) is 4.01. The maximum absolute atomic E-state index is 5.60. The molecule has 0 aromatic heterocycles. The van der Waals surface area contributed by atoms with Crippen LogP contribution in [0.2, 0.25) is 0 Å². The van der Waals surface area contributed by atoms with E-state index in [2.05, 4.69) is 20.8 Å². The Morgan fingerprint density at radius 1 is 0.944 bits per heavy atom. The van der Waals surface area contributed by atoms with Gasteiger partial charge in [0.05, 0.1) is 13.2 Å². The Balaban J connectivity index is 1.87. The predicted octanol–water partition coefficient (Wildman–Crippen LogP) is 4.92. The van der Waals surface area contributed by atoms with E-state index < -0.39 is 0 Å². The summed E-state index contributed by atoms with van der Waals surface area (Å²) in [6.07, 6.45) is 11.9. The molecule has 0 amide bonds.